The smallest absolute Gasteiger partial charge is 0.298 e. The number of aromatic nitrogens is 2. The highest BCUT2D eigenvalue weighted by Gasteiger charge is 2.03. The predicted octanol–water partition coefficient (Wildman–Crippen LogP) is 2.13. The Morgan fingerprint density at radius 2 is 2.33 bits per heavy atom. The van der Waals surface area contributed by atoms with Gasteiger partial charge in [-0.2, -0.15) is 9.36 Å². The predicted molar refractivity (Wildman–Crippen MR) is 57.1 cm³/mol. The van der Waals surface area contributed by atoms with Crippen molar-refractivity contribution in [1.29, 1.82) is 0 Å². The number of aliphatic hydroxyl groups excluding tert-OH is 1. The van der Waals surface area contributed by atoms with Crippen LogP contribution in [0.15, 0.2) is 24.3 Å². The summed E-state index contributed by atoms with van der Waals surface area (Å²) in [4.78, 5) is 4.08. The Hall–Kier alpha value is -1.46. The quantitative estimate of drug-likeness (QED) is 0.864. The Morgan fingerprint density at radius 3 is 3.00 bits per heavy atom. The van der Waals surface area contributed by atoms with E-state index in [0.717, 1.165) is 5.56 Å². The van der Waals surface area contributed by atoms with Crippen molar-refractivity contribution in [2.75, 3.05) is 0 Å². The van der Waals surface area contributed by atoms with Gasteiger partial charge in [0.25, 0.3) is 5.19 Å². The maximum Gasteiger partial charge on any atom is 0.298 e. The van der Waals surface area contributed by atoms with E-state index in [1.54, 1.807) is 6.07 Å². The van der Waals surface area contributed by atoms with Crippen molar-refractivity contribution < 1.29 is 9.84 Å². The summed E-state index contributed by atoms with van der Waals surface area (Å²) < 4.78 is 9.49. The number of aryl methyl sites for hydroxylation is 1. The molecule has 0 amide bonds. The van der Waals surface area contributed by atoms with Crippen molar-refractivity contribution >= 4 is 11.5 Å². The molecule has 0 bridgehead atoms. The molecule has 0 atom stereocenters. The maximum absolute atomic E-state index is 8.95. The summed E-state index contributed by atoms with van der Waals surface area (Å²) in [7, 11) is 0. The number of benzene rings is 1. The average Bonchev–Trinajstić information content (AvgIpc) is 2.64. The molecule has 0 unspecified atom stereocenters. The van der Waals surface area contributed by atoms with E-state index in [9.17, 15) is 0 Å². The van der Waals surface area contributed by atoms with Gasteiger partial charge in [0.1, 0.15) is 11.6 Å². The molecule has 1 heterocycles. The van der Waals surface area contributed by atoms with Gasteiger partial charge in [-0.25, -0.2) is 0 Å². The summed E-state index contributed by atoms with van der Waals surface area (Å²) in [6.07, 6.45) is 0. The lowest BCUT2D eigenvalue weighted by atomic mass is 10.2. The van der Waals surface area contributed by atoms with Crippen LogP contribution in [0.3, 0.4) is 0 Å². The summed E-state index contributed by atoms with van der Waals surface area (Å²) >= 11 is 1.21. The van der Waals surface area contributed by atoms with Crippen LogP contribution in [0.2, 0.25) is 0 Å². The fourth-order valence-corrected chi connectivity index (χ4v) is 1.69. The maximum atomic E-state index is 8.95. The van der Waals surface area contributed by atoms with E-state index in [1.165, 1.54) is 11.5 Å². The highest BCUT2D eigenvalue weighted by atomic mass is 32.1. The second-order valence-electron chi connectivity index (χ2n) is 3.02. The Morgan fingerprint density at radius 1 is 1.47 bits per heavy atom. The van der Waals surface area contributed by atoms with E-state index in [0.29, 0.717) is 16.8 Å². The number of rotatable bonds is 3. The lowest BCUT2D eigenvalue weighted by Gasteiger charge is -2.02. The van der Waals surface area contributed by atoms with Gasteiger partial charge in [0.2, 0.25) is 0 Å². The summed E-state index contributed by atoms with van der Waals surface area (Å²) in [5.74, 6) is 1.37. The summed E-state index contributed by atoms with van der Waals surface area (Å²) in [5, 5.41) is 9.47. The molecule has 0 fully saturated rings. The van der Waals surface area contributed by atoms with Crippen LogP contribution >= 0.6 is 11.5 Å². The fraction of sp³-hybridized carbons (Fsp3) is 0.200. The molecule has 15 heavy (non-hydrogen) atoms. The van der Waals surface area contributed by atoms with Crippen molar-refractivity contribution in [3.05, 3.63) is 35.7 Å². The number of hydrogen-bond donors (Lipinski definition) is 1. The minimum atomic E-state index is 0.00630. The molecule has 0 saturated heterocycles. The zero-order valence-corrected chi connectivity index (χ0v) is 8.99. The highest BCUT2D eigenvalue weighted by molar-refractivity contribution is 7.07. The standard InChI is InChI=1S/C10H10N2O2S/c1-7-11-10(15-12-7)14-9-4-2-3-8(5-9)6-13/h2-5,13H,6H2,1H3. The molecule has 1 aromatic heterocycles. The molecule has 0 aliphatic carbocycles. The molecular formula is C10H10N2O2S. The van der Waals surface area contributed by atoms with E-state index >= 15 is 0 Å². The van der Waals surface area contributed by atoms with Crippen LogP contribution in [0, 0.1) is 6.92 Å². The van der Waals surface area contributed by atoms with E-state index < -0.39 is 0 Å². The van der Waals surface area contributed by atoms with Crippen molar-refractivity contribution in [2.45, 2.75) is 13.5 Å². The number of aliphatic hydroxyl groups is 1. The largest absolute Gasteiger partial charge is 0.430 e. The van der Waals surface area contributed by atoms with Crippen LogP contribution in [-0.2, 0) is 6.61 Å². The first-order chi connectivity index (χ1) is 7.28. The zero-order valence-electron chi connectivity index (χ0n) is 8.17. The van der Waals surface area contributed by atoms with Crippen molar-refractivity contribution in [3.8, 4) is 10.9 Å². The topological polar surface area (TPSA) is 55.2 Å². The first-order valence-corrected chi connectivity index (χ1v) is 5.23. The number of hydrogen-bond acceptors (Lipinski definition) is 5. The molecule has 0 spiro atoms. The summed E-state index contributed by atoms with van der Waals surface area (Å²) in [6.45, 7) is 1.82. The number of ether oxygens (including phenoxy) is 1. The third-order valence-electron chi connectivity index (χ3n) is 1.80. The molecule has 78 valence electrons. The van der Waals surface area contributed by atoms with Crippen LogP contribution < -0.4 is 4.74 Å². The molecule has 2 rings (SSSR count). The van der Waals surface area contributed by atoms with Gasteiger partial charge in [0.15, 0.2) is 0 Å². The van der Waals surface area contributed by atoms with E-state index in [-0.39, 0.29) is 6.61 Å². The lowest BCUT2D eigenvalue weighted by Crippen LogP contribution is -1.86. The lowest BCUT2D eigenvalue weighted by molar-refractivity contribution is 0.281. The van der Waals surface area contributed by atoms with Crippen molar-refractivity contribution in [2.24, 2.45) is 0 Å². The number of nitrogens with zero attached hydrogens (tertiary/aromatic N) is 2. The van der Waals surface area contributed by atoms with E-state index in [4.69, 9.17) is 9.84 Å². The van der Waals surface area contributed by atoms with Crippen LogP contribution in [0.4, 0.5) is 0 Å². The molecule has 0 aliphatic rings. The fourth-order valence-electron chi connectivity index (χ4n) is 1.13. The Labute approximate surface area is 91.3 Å². The van der Waals surface area contributed by atoms with Gasteiger partial charge >= 0.3 is 0 Å². The van der Waals surface area contributed by atoms with Crippen LogP contribution in [0.1, 0.15) is 11.4 Å². The molecule has 1 N–H and O–H groups in total. The zero-order chi connectivity index (χ0) is 10.7. The monoisotopic (exact) mass is 222 g/mol. The molecule has 4 nitrogen and oxygen atoms in total. The minimum absolute atomic E-state index is 0.00630. The average molecular weight is 222 g/mol. The third kappa shape index (κ3) is 2.51. The van der Waals surface area contributed by atoms with Crippen LogP contribution in [-0.4, -0.2) is 14.5 Å². The van der Waals surface area contributed by atoms with Crippen molar-refractivity contribution in [1.82, 2.24) is 9.36 Å². The van der Waals surface area contributed by atoms with E-state index in [2.05, 4.69) is 9.36 Å². The molecule has 2 aromatic rings. The highest BCUT2D eigenvalue weighted by Crippen LogP contribution is 2.23. The molecule has 0 aliphatic heterocycles. The van der Waals surface area contributed by atoms with Gasteiger partial charge in [-0.15, -0.1) is 0 Å². The second-order valence-corrected chi connectivity index (χ2v) is 3.73. The van der Waals surface area contributed by atoms with Gasteiger partial charge in [0.05, 0.1) is 6.61 Å². The van der Waals surface area contributed by atoms with Crippen LogP contribution in [0.25, 0.3) is 0 Å². The molecular weight excluding hydrogens is 212 g/mol. The first-order valence-electron chi connectivity index (χ1n) is 4.46. The van der Waals surface area contributed by atoms with Gasteiger partial charge < -0.3 is 9.84 Å². The normalized spacial score (nSPS) is 10.3. The second kappa shape index (κ2) is 4.37. The summed E-state index contributed by atoms with van der Waals surface area (Å²) in [6, 6.07) is 7.25. The first kappa shape index (κ1) is 10.1. The Balaban J connectivity index is 2.16. The van der Waals surface area contributed by atoms with Gasteiger partial charge in [0, 0.05) is 11.5 Å². The molecule has 5 heteroatoms. The van der Waals surface area contributed by atoms with Crippen LogP contribution in [0.5, 0.6) is 10.9 Å². The Kier molecular flexibility index (Phi) is 2.94. The van der Waals surface area contributed by atoms with Crippen molar-refractivity contribution in [3.63, 3.8) is 0 Å². The molecule has 0 radical (unpaired) electrons. The molecule has 1 aromatic carbocycles. The van der Waals surface area contributed by atoms with Gasteiger partial charge in [-0.1, -0.05) is 12.1 Å². The van der Waals surface area contributed by atoms with E-state index in [1.807, 2.05) is 25.1 Å². The third-order valence-corrected chi connectivity index (χ3v) is 2.48. The molecule has 0 saturated carbocycles. The SMILES string of the molecule is Cc1nsc(Oc2cccc(CO)c2)n1. The van der Waals surface area contributed by atoms with Gasteiger partial charge in [-0.05, 0) is 24.6 Å². The summed E-state index contributed by atoms with van der Waals surface area (Å²) in [5.41, 5.74) is 0.814. The van der Waals surface area contributed by atoms with Gasteiger partial charge in [-0.3, -0.25) is 0 Å². The minimum Gasteiger partial charge on any atom is -0.430 e. The Bertz CT molecular complexity index is 456.